The van der Waals surface area contributed by atoms with Gasteiger partial charge in [-0.3, -0.25) is 34.9 Å². The van der Waals surface area contributed by atoms with Crippen molar-refractivity contribution in [3.8, 4) is 46.0 Å². The van der Waals surface area contributed by atoms with Gasteiger partial charge >= 0.3 is 70.1 Å². The molecule has 6 aromatic carbocycles. The second-order valence-corrected chi connectivity index (χ2v) is 15.7. The van der Waals surface area contributed by atoms with E-state index in [2.05, 4.69) is 34.9 Å². The van der Waals surface area contributed by atoms with Gasteiger partial charge in [-0.1, -0.05) is 91.0 Å². The van der Waals surface area contributed by atoms with Crippen molar-refractivity contribution in [1.82, 2.24) is 15.0 Å². The van der Waals surface area contributed by atoms with Crippen molar-refractivity contribution >= 4 is 47.6 Å². The van der Waals surface area contributed by atoms with Crippen LogP contribution >= 0.6 is 0 Å². The summed E-state index contributed by atoms with van der Waals surface area (Å²) in [7, 11) is 0. The minimum Gasteiger partial charge on any atom is -0.873 e. The van der Waals surface area contributed by atoms with Gasteiger partial charge in [-0.05, 0) is 133 Å². The van der Waals surface area contributed by atoms with Crippen molar-refractivity contribution < 1.29 is 111 Å². The van der Waals surface area contributed by atoms with Gasteiger partial charge in [0.2, 0.25) is 0 Å². The van der Waals surface area contributed by atoms with E-state index in [1.165, 1.54) is 97.7 Å². The summed E-state index contributed by atoms with van der Waals surface area (Å²) >= 11 is 0. The van der Waals surface area contributed by atoms with Gasteiger partial charge in [0.25, 0.3) is 0 Å². The van der Waals surface area contributed by atoms with Crippen molar-refractivity contribution in [3.63, 3.8) is 0 Å². The van der Waals surface area contributed by atoms with Gasteiger partial charge in [0.15, 0.2) is 0 Å². The van der Waals surface area contributed by atoms with Crippen molar-refractivity contribution in [1.29, 1.82) is 0 Å². The van der Waals surface area contributed by atoms with Gasteiger partial charge < -0.3 is 40.9 Å². The van der Waals surface area contributed by atoms with E-state index < -0.39 is 46.0 Å². The smallest absolute Gasteiger partial charge is 0.873 e. The van der Waals surface area contributed by atoms with Gasteiger partial charge in [0.05, 0.1) is 22.7 Å². The standard InChI is InChI=1S/2C22H20N2O4.3C5H5N.U.2Zn/c2*1-13-9-17(23-11-15-5-3-7-19(25)21(15)27)18(10-14(13)2)24-12-16-6-4-8-20(26)22(16)28;3*1-2-4-6-5-3-1;;;/h2*3-12,25-28H,1-2H3;3*1-5H;;;/q;;;;;+4;2*+2/p-8. The molecule has 374 valence electrons. The maximum atomic E-state index is 11.9. The van der Waals surface area contributed by atoms with E-state index in [1.807, 2.05) is 82.3 Å². The molecule has 0 atom stereocenters. The number of pyridine rings is 3. The van der Waals surface area contributed by atoms with Crippen LogP contribution in [0.3, 0.4) is 0 Å². The van der Waals surface area contributed by atoms with Crippen LogP contribution in [0, 0.1) is 58.8 Å². The van der Waals surface area contributed by atoms with E-state index in [-0.39, 0.29) is 92.3 Å². The molecule has 77 heavy (non-hydrogen) atoms. The summed E-state index contributed by atoms with van der Waals surface area (Å²) in [5.74, 6) is -4.87. The number of benzene rings is 6. The monoisotopic (exact) mass is 1350 g/mol. The van der Waals surface area contributed by atoms with Crippen LogP contribution in [-0.2, 0) is 39.0 Å². The van der Waals surface area contributed by atoms with E-state index in [4.69, 9.17) is 0 Å². The number of aliphatic imine (C=N–C) groups is 4. The Morgan fingerprint density at radius 3 is 0.649 bits per heavy atom. The molecular formula is C59H47N7O8UZn2. The van der Waals surface area contributed by atoms with E-state index in [9.17, 15) is 40.9 Å². The van der Waals surface area contributed by atoms with Gasteiger partial charge in [0, 0.05) is 62.0 Å². The summed E-state index contributed by atoms with van der Waals surface area (Å²) in [4.78, 5) is 28.6. The molecule has 0 spiro atoms. The minimum atomic E-state index is -0.622. The third-order valence-corrected chi connectivity index (χ3v) is 10.3. The number of aromatic nitrogens is 3. The molecule has 9 aromatic rings. The quantitative estimate of drug-likeness (QED) is 0.106. The molecule has 3 aromatic heterocycles. The number of hydrogen-bond acceptors (Lipinski definition) is 15. The van der Waals surface area contributed by atoms with Gasteiger partial charge in [-0.25, -0.2) is 0 Å². The predicted octanol–water partition coefficient (Wildman–Crippen LogP) is 7.44. The average molecular weight is 1350 g/mol. The summed E-state index contributed by atoms with van der Waals surface area (Å²) in [6, 6.07) is 41.2. The molecule has 18 heteroatoms. The molecule has 0 saturated heterocycles. The Hall–Kier alpha value is -7.85. The summed E-state index contributed by atoms with van der Waals surface area (Å²) in [5.41, 5.74) is 6.50. The first-order chi connectivity index (χ1) is 35.7. The molecule has 3 heterocycles. The number of nitrogens with zero attached hydrogens (tertiary/aromatic N) is 7. The zero-order valence-electron chi connectivity index (χ0n) is 42.5. The Bertz CT molecular complexity index is 2840. The number of aryl methyl sites for hydroxylation is 4. The van der Waals surface area contributed by atoms with Crippen LogP contribution in [0.25, 0.3) is 0 Å². The van der Waals surface area contributed by atoms with E-state index in [0.717, 1.165) is 22.3 Å². The molecule has 0 bridgehead atoms. The van der Waals surface area contributed by atoms with Crippen molar-refractivity contribution in [2.75, 3.05) is 0 Å². The second-order valence-electron chi connectivity index (χ2n) is 15.7. The summed E-state index contributed by atoms with van der Waals surface area (Å²) in [6.07, 6.45) is 15.8. The van der Waals surface area contributed by atoms with Crippen LogP contribution in [-0.4, -0.2) is 39.8 Å². The Morgan fingerprint density at radius 1 is 0.299 bits per heavy atom. The SMILES string of the molecule is Cc1cc(N=Cc2cccc([O-])c2[O-])c(N=Cc2cccc([O-])c2[O-])cc1C.Cc1cc(N=Cc2cccc([O-])c2[O-])c(N=Cc2cccc([O-])c2[O-])cc1C.[U+4].[Zn+2].[Zn+2].c1ccncc1.c1ccncc1.c1ccncc1. The van der Waals surface area contributed by atoms with Crippen LogP contribution in [0.1, 0.15) is 44.5 Å². The maximum Gasteiger partial charge on any atom is 4.00 e. The summed E-state index contributed by atoms with van der Waals surface area (Å²) in [6.45, 7) is 7.65. The molecule has 0 aliphatic rings. The average Bonchev–Trinajstić information content (AvgIpc) is 3.42. The van der Waals surface area contributed by atoms with Crippen molar-refractivity contribution in [3.05, 3.63) is 233 Å². The van der Waals surface area contributed by atoms with Crippen LogP contribution in [0.4, 0.5) is 22.7 Å². The van der Waals surface area contributed by atoms with Crippen molar-refractivity contribution in [2.24, 2.45) is 20.0 Å². The number of hydrogen-bond donors (Lipinski definition) is 0. The van der Waals surface area contributed by atoms with Crippen LogP contribution in [0.2, 0.25) is 0 Å². The molecular weight excluding hydrogens is 1300 g/mol. The fourth-order valence-corrected chi connectivity index (χ4v) is 6.02. The third-order valence-electron chi connectivity index (χ3n) is 10.3. The molecule has 9 rings (SSSR count). The largest absolute Gasteiger partial charge is 4.00 e. The zero-order chi connectivity index (χ0) is 53.2. The maximum absolute atomic E-state index is 11.9. The van der Waals surface area contributed by atoms with Crippen LogP contribution in [0.15, 0.2) is 209 Å². The molecule has 0 fully saturated rings. The van der Waals surface area contributed by atoms with Crippen molar-refractivity contribution in [2.45, 2.75) is 27.7 Å². The Labute approximate surface area is 496 Å². The summed E-state index contributed by atoms with van der Waals surface area (Å²) < 4.78 is 0. The molecule has 0 aliphatic heterocycles. The Balaban J connectivity index is 0.000000384. The van der Waals surface area contributed by atoms with Crippen LogP contribution < -0.4 is 40.9 Å². The molecule has 15 nitrogen and oxygen atoms in total. The summed E-state index contributed by atoms with van der Waals surface area (Å²) in [5, 5.41) is 93.4. The minimum absolute atomic E-state index is 0. The fourth-order valence-electron chi connectivity index (χ4n) is 6.02. The van der Waals surface area contributed by atoms with E-state index in [0.29, 0.717) is 22.7 Å². The molecule has 0 N–H and O–H groups in total. The van der Waals surface area contributed by atoms with Crippen LogP contribution in [0.5, 0.6) is 46.0 Å². The first kappa shape index (κ1) is 65.3. The van der Waals surface area contributed by atoms with Gasteiger partial charge in [0.1, 0.15) is 0 Å². The second kappa shape index (κ2) is 34.7. The van der Waals surface area contributed by atoms with Gasteiger partial charge in [-0.2, -0.15) is 0 Å². The normalized spacial score (nSPS) is 10.2. The third kappa shape index (κ3) is 21.4. The van der Waals surface area contributed by atoms with E-state index in [1.54, 1.807) is 61.4 Å². The fraction of sp³-hybridized carbons (Fsp3) is 0.0678. The predicted molar refractivity (Wildman–Crippen MR) is 275 cm³/mol. The first-order valence-corrected chi connectivity index (χ1v) is 22.5. The first-order valence-electron chi connectivity index (χ1n) is 22.5. The molecule has 0 aliphatic carbocycles. The molecule has 0 amide bonds. The van der Waals surface area contributed by atoms with E-state index >= 15 is 0 Å². The number of rotatable bonds is 8. The van der Waals surface area contributed by atoms with Gasteiger partial charge in [-0.15, -0.1) is 46.0 Å². The molecule has 0 saturated carbocycles. The Morgan fingerprint density at radius 2 is 0.494 bits per heavy atom. The number of para-hydroxylation sites is 4. The molecule has 0 radical (unpaired) electrons. The zero-order valence-corrected chi connectivity index (χ0v) is 52.6. The Kier molecular flexibility index (Phi) is 29.4. The topological polar surface area (TPSA) is 273 Å². The molecule has 0 unspecified atom stereocenters.